The van der Waals surface area contributed by atoms with Gasteiger partial charge in [-0.05, 0) is 55.9 Å². The van der Waals surface area contributed by atoms with E-state index in [4.69, 9.17) is 4.74 Å². The van der Waals surface area contributed by atoms with Crippen LogP contribution in [0.4, 0.5) is 5.69 Å². The fraction of sp³-hybridized carbons (Fsp3) is 0.364. The molecule has 1 aliphatic carbocycles. The van der Waals surface area contributed by atoms with Crippen molar-refractivity contribution in [3.63, 3.8) is 0 Å². The van der Waals surface area contributed by atoms with Crippen LogP contribution in [-0.2, 0) is 28.9 Å². The highest BCUT2D eigenvalue weighted by Gasteiger charge is 2.23. The molecule has 2 aromatic heterocycles. The van der Waals surface area contributed by atoms with Crippen LogP contribution in [0.3, 0.4) is 0 Å². The quantitative estimate of drug-likeness (QED) is 0.633. The van der Waals surface area contributed by atoms with E-state index in [0.717, 1.165) is 29.7 Å². The van der Waals surface area contributed by atoms with Gasteiger partial charge in [-0.2, -0.15) is 0 Å². The number of thiophene rings is 1. The van der Waals surface area contributed by atoms with Gasteiger partial charge in [-0.25, -0.2) is 9.78 Å². The zero-order valence-electron chi connectivity index (χ0n) is 16.9. The lowest BCUT2D eigenvalue weighted by molar-refractivity contribution is -0.116. The van der Waals surface area contributed by atoms with E-state index in [1.54, 1.807) is 42.5 Å². The van der Waals surface area contributed by atoms with Crippen molar-refractivity contribution >= 4 is 39.1 Å². The summed E-state index contributed by atoms with van der Waals surface area (Å²) in [6.07, 6.45) is 4.35. The SMILES string of the molecule is CCOC(=O)c1cccc(NC(=O)Cn2cnc3sc4c(c3c2=O)CCC(C)C4)c1. The maximum absolute atomic E-state index is 13.0. The van der Waals surface area contributed by atoms with Gasteiger partial charge in [-0.1, -0.05) is 13.0 Å². The number of esters is 1. The molecule has 1 aromatic carbocycles. The number of benzene rings is 1. The normalized spacial score (nSPS) is 15.6. The van der Waals surface area contributed by atoms with Crippen molar-refractivity contribution in [2.75, 3.05) is 11.9 Å². The van der Waals surface area contributed by atoms with Crippen molar-refractivity contribution < 1.29 is 14.3 Å². The van der Waals surface area contributed by atoms with Crippen LogP contribution in [0.5, 0.6) is 0 Å². The molecule has 0 aliphatic heterocycles. The van der Waals surface area contributed by atoms with Gasteiger partial charge >= 0.3 is 5.97 Å². The molecule has 1 N–H and O–H groups in total. The molecule has 156 valence electrons. The minimum absolute atomic E-state index is 0.146. The molecule has 1 amide bonds. The summed E-state index contributed by atoms with van der Waals surface area (Å²) in [4.78, 5) is 43.9. The number of rotatable bonds is 5. The fourth-order valence-corrected chi connectivity index (χ4v) is 5.11. The number of hydrogen-bond donors (Lipinski definition) is 1. The Kier molecular flexibility index (Phi) is 5.67. The number of anilines is 1. The third kappa shape index (κ3) is 4.00. The summed E-state index contributed by atoms with van der Waals surface area (Å²) in [6, 6.07) is 6.52. The summed E-state index contributed by atoms with van der Waals surface area (Å²) >= 11 is 1.59. The Balaban J connectivity index is 1.54. The van der Waals surface area contributed by atoms with Crippen molar-refractivity contribution in [3.05, 3.63) is 57.0 Å². The first-order valence-electron chi connectivity index (χ1n) is 10.0. The molecule has 0 spiro atoms. The van der Waals surface area contributed by atoms with Crippen LogP contribution in [0.2, 0.25) is 0 Å². The molecule has 8 heteroatoms. The van der Waals surface area contributed by atoms with Gasteiger partial charge in [0.05, 0.1) is 23.9 Å². The van der Waals surface area contributed by atoms with E-state index in [0.29, 0.717) is 22.6 Å². The molecule has 0 bridgehead atoms. The number of amides is 1. The van der Waals surface area contributed by atoms with Crippen molar-refractivity contribution in [2.24, 2.45) is 5.92 Å². The Bertz CT molecular complexity index is 1180. The maximum atomic E-state index is 13.0. The predicted molar refractivity (Wildman–Crippen MR) is 116 cm³/mol. The Morgan fingerprint density at radius 2 is 2.20 bits per heavy atom. The Labute approximate surface area is 177 Å². The van der Waals surface area contributed by atoms with E-state index in [1.165, 1.54) is 15.8 Å². The lowest BCUT2D eigenvalue weighted by Crippen LogP contribution is -2.28. The summed E-state index contributed by atoms with van der Waals surface area (Å²) in [5.41, 5.74) is 1.74. The molecule has 30 heavy (non-hydrogen) atoms. The van der Waals surface area contributed by atoms with E-state index < -0.39 is 5.97 Å². The number of carbonyl (C=O) groups excluding carboxylic acids is 2. The summed E-state index contributed by atoms with van der Waals surface area (Å²) in [5, 5.41) is 3.39. The molecule has 1 unspecified atom stereocenters. The van der Waals surface area contributed by atoms with Crippen LogP contribution in [0.25, 0.3) is 10.2 Å². The number of hydrogen-bond acceptors (Lipinski definition) is 6. The van der Waals surface area contributed by atoms with Gasteiger partial charge < -0.3 is 10.1 Å². The van der Waals surface area contributed by atoms with Gasteiger partial charge in [-0.3, -0.25) is 14.2 Å². The molecule has 3 aromatic rings. The zero-order chi connectivity index (χ0) is 21.3. The van der Waals surface area contributed by atoms with E-state index >= 15 is 0 Å². The van der Waals surface area contributed by atoms with Crippen molar-refractivity contribution in [1.82, 2.24) is 9.55 Å². The van der Waals surface area contributed by atoms with E-state index in [-0.39, 0.29) is 24.6 Å². The summed E-state index contributed by atoms with van der Waals surface area (Å²) in [5.74, 6) is -0.197. The van der Waals surface area contributed by atoms with Crippen LogP contribution in [0.15, 0.2) is 35.4 Å². The van der Waals surface area contributed by atoms with Crippen molar-refractivity contribution in [3.8, 4) is 0 Å². The molecule has 0 radical (unpaired) electrons. The molecule has 1 aliphatic rings. The third-order valence-corrected chi connectivity index (χ3v) is 6.42. The molecule has 0 saturated heterocycles. The topological polar surface area (TPSA) is 90.3 Å². The molecular weight excluding hydrogens is 402 g/mol. The van der Waals surface area contributed by atoms with Gasteiger partial charge in [-0.15, -0.1) is 11.3 Å². The number of nitrogens with zero attached hydrogens (tertiary/aromatic N) is 2. The van der Waals surface area contributed by atoms with E-state index in [9.17, 15) is 14.4 Å². The second-order valence-corrected chi connectivity index (χ2v) is 8.64. The fourth-order valence-electron chi connectivity index (χ4n) is 3.77. The number of carbonyl (C=O) groups is 2. The second kappa shape index (κ2) is 8.39. The zero-order valence-corrected chi connectivity index (χ0v) is 17.8. The van der Waals surface area contributed by atoms with Gasteiger partial charge in [0.2, 0.25) is 5.91 Å². The number of nitrogens with one attached hydrogen (secondary N) is 1. The summed E-state index contributed by atoms with van der Waals surface area (Å²) < 4.78 is 6.33. The molecule has 0 saturated carbocycles. The van der Waals surface area contributed by atoms with Crippen LogP contribution < -0.4 is 10.9 Å². The Hall–Kier alpha value is -3.00. The lowest BCUT2D eigenvalue weighted by Gasteiger charge is -2.17. The highest BCUT2D eigenvalue weighted by atomic mass is 32.1. The lowest BCUT2D eigenvalue weighted by atomic mass is 9.89. The minimum atomic E-state index is -0.448. The van der Waals surface area contributed by atoms with Gasteiger partial charge in [0.25, 0.3) is 5.56 Å². The smallest absolute Gasteiger partial charge is 0.338 e. The summed E-state index contributed by atoms with van der Waals surface area (Å²) in [7, 11) is 0. The van der Waals surface area contributed by atoms with Crippen molar-refractivity contribution in [1.29, 1.82) is 0 Å². The first-order valence-corrected chi connectivity index (χ1v) is 10.8. The molecule has 2 heterocycles. The van der Waals surface area contributed by atoms with Crippen LogP contribution in [-0.4, -0.2) is 28.0 Å². The Morgan fingerprint density at radius 1 is 1.37 bits per heavy atom. The van der Waals surface area contributed by atoms with Gasteiger partial charge in [0.15, 0.2) is 0 Å². The monoisotopic (exact) mass is 425 g/mol. The highest BCUT2D eigenvalue weighted by molar-refractivity contribution is 7.18. The maximum Gasteiger partial charge on any atom is 0.338 e. The molecule has 1 atom stereocenters. The number of ether oxygens (including phenoxy) is 1. The predicted octanol–water partition coefficient (Wildman–Crippen LogP) is 3.40. The molecular formula is C22H23N3O4S. The number of fused-ring (bicyclic) bond motifs is 3. The van der Waals surface area contributed by atoms with Gasteiger partial charge in [0, 0.05) is 10.6 Å². The highest BCUT2D eigenvalue weighted by Crippen LogP contribution is 2.35. The summed E-state index contributed by atoms with van der Waals surface area (Å²) in [6.45, 7) is 4.09. The van der Waals surface area contributed by atoms with E-state index in [1.807, 2.05) is 0 Å². The van der Waals surface area contributed by atoms with E-state index in [2.05, 4.69) is 17.2 Å². The molecule has 7 nitrogen and oxygen atoms in total. The average molecular weight is 426 g/mol. The number of aromatic nitrogens is 2. The third-order valence-electron chi connectivity index (χ3n) is 5.25. The first-order chi connectivity index (χ1) is 14.5. The second-order valence-electron chi connectivity index (χ2n) is 7.56. The van der Waals surface area contributed by atoms with Crippen LogP contribution >= 0.6 is 11.3 Å². The first kappa shape index (κ1) is 20.3. The molecule has 4 rings (SSSR count). The van der Waals surface area contributed by atoms with Crippen molar-refractivity contribution in [2.45, 2.75) is 39.7 Å². The minimum Gasteiger partial charge on any atom is -0.462 e. The Morgan fingerprint density at radius 3 is 3.00 bits per heavy atom. The number of aryl methyl sites for hydroxylation is 1. The average Bonchev–Trinajstić information content (AvgIpc) is 3.08. The standard InChI is InChI=1S/C22H23N3O4S/c1-3-29-22(28)14-5-4-6-15(10-14)24-18(26)11-25-12-23-20-19(21(25)27)16-8-7-13(2)9-17(16)30-20/h4-6,10,12-13H,3,7-9,11H2,1-2H3,(H,24,26). The van der Waals surface area contributed by atoms with Crippen LogP contribution in [0.1, 0.15) is 41.1 Å². The molecule has 0 fully saturated rings. The van der Waals surface area contributed by atoms with Gasteiger partial charge in [0.1, 0.15) is 11.4 Å². The largest absolute Gasteiger partial charge is 0.462 e. The van der Waals surface area contributed by atoms with Crippen LogP contribution in [0, 0.1) is 5.92 Å².